The average molecular weight is 526 g/mol. The zero-order valence-corrected chi connectivity index (χ0v) is 22.3. The van der Waals surface area contributed by atoms with Crippen LogP contribution in [-0.2, 0) is 4.79 Å². The number of rotatable bonds is 6. The number of aromatic nitrogens is 1. The number of carbonyl (C=O) groups excluding carboxylic acids is 1. The van der Waals surface area contributed by atoms with E-state index in [-0.39, 0.29) is 11.5 Å². The fourth-order valence-corrected chi connectivity index (χ4v) is 5.58. The first-order chi connectivity index (χ1) is 18.4. The van der Waals surface area contributed by atoms with E-state index in [1.54, 1.807) is 25.7 Å². The van der Waals surface area contributed by atoms with Crippen molar-refractivity contribution >= 4 is 29.0 Å². The molecule has 7 nitrogen and oxygen atoms in total. The van der Waals surface area contributed by atoms with Crippen LogP contribution in [0.2, 0.25) is 0 Å². The minimum Gasteiger partial charge on any atom is -0.497 e. The van der Waals surface area contributed by atoms with E-state index in [0.29, 0.717) is 32.0 Å². The van der Waals surface area contributed by atoms with E-state index in [4.69, 9.17) is 14.5 Å². The van der Waals surface area contributed by atoms with E-state index in [1.807, 2.05) is 85.8 Å². The molecule has 0 aliphatic carbocycles. The molecule has 0 unspecified atom stereocenters. The highest BCUT2D eigenvalue weighted by molar-refractivity contribution is 7.07. The van der Waals surface area contributed by atoms with Crippen molar-refractivity contribution in [2.45, 2.75) is 19.9 Å². The van der Waals surface area contributed by atoms with Crippen molar-refractivity contribution in [3.05, 3.63) is 120 Å². The normalized spacial score (nSPS) is 15.1. The average Bonchev–Trinajstić information content (AvgIpc) is 3.23. The van der Waals surface area contributed by atoms with Crippen molar-refractivity contribution in [2.75, 3.05) is 19.5 Å². The number of hydrogen-bond acceptors (Lipinski definition) is 6. The van der Waals surface area contributed by atoms with Crippen molar-refractivity contribution < 1.29 is 14.3 Å². The van der Waals surface area contributed by atoms with Gasteiger partial charge in [-0.05, 0) is 66.9 Å². The van der Waals surface area contributed by atoms with Crippen molar-refractivity contribution in [1.82, 2.24) is 4.57 Å². The molecule has 3 aromatic carbocycles. The van der Waals surface area contributed by atoms with Crippen LogP contribution in [-0.4, -0.2) is 24.7 Å². The number of anilines is 1. The number of aryl methyl sites for hydroxylation is 1. The fraction of sp³-hybridized carbons (Fsp3) is 0.167. The number of ether oxygens (including phenoxy) is 2. The van der Waals surface area contributed by atoms with Crippen LogP contribution in [0.1, 0.15) is 29.7 Å². The number of benzene rings is 3. The molecule has 1 N–H and O–H groups in total. The zero-order valence-electron chi connectivity index (χ0n) is 21.5. The maximum absolute atomic E-state index is 13.9. The van der Waals surface area contributed by atoms with Crippen molar-refractivity contribution in [2.24, 2.45) is 4.99 Å². The first kappa shape index (κ1) is 25.2. The Bertz CT molecular complexity index is 1740. The number of nitrogens with zero attached hydrogens (tertiary/aromatic N) is 2. The molecule has 5 rings (SSSR count). The van der Waals surface area contributed by atoms with Gasteiger partial charge in [-0.25, -0.2) is 4.99 Å². The SMILES string of the molecule is COc1cccc([C@H]2C(C(=O)Nc3ccccc3)=C(C)N=c3s/c(=C\c4ccc(C)c(OC)c4)c(=O)n32)c1. The summed E-state index contributed by atoms with van der Waals surface area (Å²) in [5.41, 5.74) is 3.99. The Labute approximate surface area is 224 Å². The lowest BCUT2D eigenvalue weighted by Gasteiger charge is -2.25. The number of nitrogens with one attached hydrogen (secondary N) is 1. The van der Waals surface area contributed by atoms with Gasteiger partial charge in [0.25, 0.3) is 11.5 Å². The Balaban J connectivity index is 1.68. The molecule has 0 saturated heterocycles. The van der Waals surface area contributed by atoms with Crippen molar-refractivity contribution in [3.8, 4) is 11.5 Å². The van der Waals surface area contributed by atoms with Gasteiger partial charge in [0, 0.05) is 5.69 Å². The summed E-state index contributed by atoms with van der Waals surface area (Å²) in [7, 11) is 3.21. The summed E-state index contributed by atoms with van der Waals surface area (Å²) >= 11 is 1.29. The lowest BCUT2D eigenvalue weighted by molar-refractivity contribution is -0.113. The number of allylic oxidation sites excluding steroid dienone is 1. The minimum atomic E-state index is -0.681. The molecule has 1 atom stereocenters. The first-order valence-corrected chi connectivity index (χ1v) is 12.9. The fourth-order valence-electron chi connectivity index (χ4n) is 4.54. The summed E-state index contributed by atoms with van der Waals surface area (Å²) in [6.45, 7) is 3.77. The van der Waals surface area contributed by atoms with Crippen LogP contribution in [0.25, 0.3) is 6.08 Å². The van der Waals surface area contributed by atoms with Crippen LogP contribution >= 0.6 is 11.3 Å². The quantitative estimate of drug-likeness (QED) is 0.409. The van der Waals surface area contributed by atoms with Crippen molar-refractivity contribution in [1.29, 1.82) is 0 Å². The first-order valence-electron chi connectivity index (χ1n) is 12.1. The smallest absolute Gasteiger partial charge is 0.271 e. The van der Waals surface area contributed by atoms with Gasteiger partial charge in [0.05, 0.1) is 36.1 Å². The van der Waals surface area contributed by atoms with Gasteiger partial charge >= 0.3 is 0 Å². The molecule has 38 heavy (non-hydrogen) atoms. The molecule has 192 valence electrons. The maximum Gasteiger partial charge on any atom is 0.271 e. The van der Waals surface area contributed by atoms with Gasteiger partial charge in [-0.2, -0.15) is 0 Å². The number of amides is 1. The molecular weight excluding hydrogens is 498 g/mol. The van der Waals surface area contributed by atoms with Crippen LogP contribution in [0.3, 0.4) is 0 Å². The molecule has 4 aromatic rings. The third-order valence-electron chi connectivity index (χ3n) is 6.44. The van der Waals surface area contributed by atoms with Crippen LogP contribution < -0.4 is 29.7 Å². The second-order valence-corrected chi connectivity index (χ2v) is 9.92. The molecule has 0 spiro atoms. The molecule has 0 fully saturated rings. The predicted octanol–water partition coefficient (Wildman–Crippen LogP) is 4.20. The third-order valence-corrected chi connectivity index (χ3v) is 7.42. The molecule has 1 aliphatic heterocycles. The van der Waals surface area contributed by atoms with Gasteiger partial charge in [0.15, 0.2) is 4.80 Å². The predicted molar refractivity (Wildman–Crippen MR) is 150 cm³/mol. The van der Waals surface area contributed by atoms with Gasteiger partial charge < -0.3 is 14.8 Å². The van der Waals surface area contributed by atoms with Gasteiger partial charge in [0.2, 0.25) is 0 Å². The van der Waals surface area contributed by atoms with Crippen LogP contribution in [0, 0.1) is 6.92 Å². The number of hydrogen-bond donors (Lipinski definition) is 1. The Hall–Kier alpha value is -4.43. The standard InChI is InChI=1S/C30H27N3O4S/c1-18-13-14-20(15-24(18)37-4)16-25-29(35)33-27(21-9-8-12-23(17-21)36-3)26(19(2)31-30(33)38-25)28(34)32-22-10-6-5-7-11-22/h5-17,27H,1-4H3,(H,32,34)/b25-16-/t27-/m0/s1. The monoisotopic (exact) mass is 525 g/mol. The molecule has 0 saturated carbocycles. The summed E-state index contributed by atoms with van der Waals surface area (Å²) < 4.78 is 13.0. The highest BCUT2D eigenvalue weighted by Crippen LogP contribution is 2.32. The molecule has 1 aliphatic rings. The zero-order chi connectivity index (χ0) is 26.8. The Kier molecular flexibility index (Phi) is 6.98. The van der Waals surface area contributed by atoms with Gasteiger partial charge in [-0.15, -0.1) is 0 Å². The lowest BCUT2D eigenvalue weighted by atomic mass is 9.95. The van der Waals surface area contributed by atoms with E-state index in [0.717, 1.165) is 22.4 Å². The summed E-state index contributed by atoms with van der Waals surface area (Å²) in [4.78, 5) is 32.8. The Morgan fingerprint density at radius 2 is 1.79 bits per heavy atom. The number of fused-ring (bicyclic) bond motifs is 1. The lowest BCUT2D eigenvalue weighted by Crippen LogP contribution is -2.40. The summed E-state index contributed by atoms with van der Waals surface area (Å²) in [5.74, 6) is 1.06. The minimum absolute atomic E-state index is 0.223. The number of methoxy groups -OCH3 is 2. The molecule has 1 aromatic heterocycles. The van der Waals surface area contributed by atoms with E-state index < -0.39 is 6.04 Å². The molecule has 0 radical (unpaired) electrons. The van der Waals surface area contributed by atoms with Gasteiger partial charge in [-0.1, -0.05) is 53.8 Å². The number of thiazole rings is 1. The second kappa shape index (κ2) is 10.5. The molecule has 2 heterocycles. The number of carbonyl (C=O) groups is 1. The van der Waals surface area contributed by atoms with E-state index in [2.05, 4.69) is 5.32 Å². The maximum atomic E-state index is 13.9. The molecule has 1 amide bonds. The number of para-hydroxylation sites is 1. The summed E-state index contributed by atoms with van der Waals surface area (Å²) in [5, 5.41) is 2.96. The summed E-state index contributed by atoms with van der Waals surface area (Å²) in [6.07, 6.45) is 1.83. The topological polar surface area (TPSA) is 81.9 Å². The molecular formula is C30H27N3O4S. The van der Waals surface area contributed by atoms with Crippen LogP contribution in [0.5, 0.6) is 11.5 Å². The Morgan fingerprint density at radius 3 is 2.53 bits per heavy atom. The van der Waals surface area contributed by atoms with Crippen LogP contribution in [0.4, 0.5) is 5.69 Å². The van der Waals surface area contributed by atoms with Crippen molar-refractivity contribution in [3.63, 3.8) is 0 Å². The van der Waals surface area contributed by atoms with Gasteiger partial charge in [-0.3, -0.25) is 14.2 Å². The second-order valence-electron chi connectivity index (χ2n) is 8.91. The van der Waals surface area contributed by atoms with E-state index >= 15 is 0 Å². The largest absolute Gasteiger partial charge is 0.497 e. The Morgan fingerprint density at radius 1 is 1.00 bits per heavy atom. The third kappa shape index (κ3) is 4.78. The van der Waals surface area contributed by atoms with E-state index in [9.17, 15) is 9.59 Å². The highest BCUT2D eigenvalue weighted by Gasteiger charge is 2.32. The summed E-state index contributed by atoms with van der Waals surface area (Å²) in [6, 6.07) is 21.8. The van der Waals surface area contributed by atoms with Gasteiger partial charge in [0.1, 0.15) is 11.5 Å². The highest BCUT2D eigenvalue weighted by atomic mass is 32.1. The van der Waals surface area contributed by atoms with Crippen LogP contribution in [0.15, 0.2) is 93.9 Å². The van der Waals surface area contributed by atoms with E-state index in [1.165, 1.54) is 11.3 Å². The molecule has 0 bridgehead atoms. The molecule has 8 heteroatoms.